The summed E-state index contributed by atoms with van der Waals surface area (Å²) in [5, 5.41) is 15.7. The van der Waals surface area contributed by atoms with Crippen LogP contribution < -0.4 is 10.6 Å². The average Bonchev–Trinajstić information content (AvgIpc) is 3.40. The number of amides is 3. The van der Waals surface area contributed by atoms with E-state index in [4.69, 9.17) is 23.2 Å². The number of rotatable bonds is 4. The maximum absolute atomic E-state index is 12.8. The SMILES string of the molecule is O=C(Nc1ccc(Cl)cc1)c1nnc(C2CCCN2C(=O)Nc2ccccc2Cl)s1. The van der Waals surface area contributed by atoms with Gasteiger partial charge in [0.1, 0.15) is 5.01 Å². The fourth-order valence-electron chi connectivity index (χ4n) is 3.19. The molecule has 0 aliphatic carbocycles. The van der Waals surface area contributed by atoms with Gasteiger partial charge in [-0.3, -0.25) is 4.79 Å². The molecular weight excluding hydrogens is 445 g/mol. The number of aromatic nitrogens is 2. The number of nitrogens with one attached hydrogen (secondary N) is 2. The third kappa shape index (κ3) is 4.56. The van der Waals surface area contributed by atoms with E-state index in [1.807, 2.05) is 0 Å². The second-order valence-electron chi connectivity index (χ2n) is 6.67. The van der Waals surface area contributed by atoms with Crippen LogP contribution in [0.3, 0.4) is 0 Å². The first-order valence-corrected chi connectivity index (χ1v) is 10.8. The predicted octanol–water partition coefficient (Wildman–Crippen LogP) is 5.47. The van der Waals surface area contributed by atoms with Crippen LogP contribution in [0.5, 0.6) is 0 Å². The Morgan fingerprint density at radius 1 is 1.03 bits per heavy atom. The van der Waals surface area contributed by atoms with Crippen molar-refractivity contribution in [1.29, 1.82) is 0 Å². The Balaban J connectivity index is 1.45. The lowest BCUT2D eigenvalue weighted by Gasteiger charge is -2.23. The van der Waals surface area contributed by atoms with Gasteiger partial charge in [0.05, 0.1) is 16.8 Å². The van der Waals surface area contributed by atoms with Gasteiger partial charge in [0.2, 0.25) is 5.01 Å². The summed E-state index contributed by atoms with van der Waals surface area (Å²) in [5.74, 6) is -0.355. The van der Waals surface area contributed by atoms with Gasteiger partial charge in [0, 0.05) is 17.3 Å². The number of para-hydroxylation sites is 1. The van der Waals surface area contributed by atoms with Crippen molar-refractivity contribution in [3.05, 3.63) is 68.6 Å². The highest BCUT2D eigenvalue weighted by Gasteiger charge is 2.33. The molecule has 0 radical (unpaired) electrons. The van der Waals surface area contributed by atoms with Gasteiger partial charge in [-0.05, 0) is 49.2 Å². The van der Waals surface area contributed by atoms with E-state index < -0.39 is 0 Å². The van der Waals surface area contributed by atoms with Gasteiger partial charge in [0.15, 0.2) is 0 Å². The summed E-state index contributed by atoms with van der Waals surface area (Å²) in [6.45, 7) is 0.590. The summed E-state index contributed by atoms with van der Waals surface area (Å²) in [7, 11) is 0. The van der Waals surface area contributed by atoms with Crippen molar-refractivity contribution in [3.8, 4) is 0 Å². The van der Waals surface area contributed by atoms with E-state index in [-0.39, 0.29) is 23.0 Å². The molecule has 2 heterocycles. The quantitative estimate of drug-likeness (QED) is 0.539. The van der Waals surface area contributed by atoms with Crippen molar-refractivity contribution in [2.75, 3.05) is 17.2 Å². The maximum Gasteiger partial charge on any atom is 0.322 e. The van der Waals surface area contributed by atoms with Crippen molar-refractivity contribution in [3.63, 3.8) is 0 Å². The van der Waals surface area contributed by atoms with Gasteiger partial charge in [-0.1, -0.05) is 46.7 Å². The summed E-state index contributed by atoms with van der Waals surface area (Å²) in [5.41, 5.74) is 1.16. The average molecular weight is 462 g/mol. The molecular formula is C20H17Cl2N5O2S. The first kappa shape index (κ1) is 20.6. The minimum absolute atomic E-state index is 0.234. The number of carbonyl (C=O) groups is 2. The van der Waals surface area contributed by atoms with Crippen molar-refractivity contribution in [1.82, 2.24) is 15.1 Å². The van der Waals surface area contributed by atoms with Crippen LogP contribution in [0.4, 0.5) is 16.2 Å². The lowest BCUT2D eigenvalue weighted by atomic mass is 10.2. The van der Waals surface area contributed by atoms with Crippen LogP contribution in [0.2, 0.25) is 10.0 Å². The number of hydrogen-bond donors (Lipinski definition) is 2. The van der Waals surface area contributed by atoms with E-state index in [9.17, 15) is 9.59 Å². The largest absolute Gasteiger partial charge is 0.322 e. The Bertz CT molecular complexity index is 1070. The molecule has 10 heteroatoms. The number of anilines is 2. The topological polar surface area (TPSA) is 87.2 Å². The molecule has 1 fully saturated rings. The van der Waals surface area contributed by atoms with Crippen LogP contribution >= 0.6 is 34.5 Å². The number of hydrogen-bond acceptors (Lipinski definition) is 5. The molecule has 1 unspecified atom stereocenters. The third-order valence-corrected chi connectivity index (χ3v) is 6.26. The normalized spacial score (nSPS) is 15.8. The van der Waals surface area contributed by atoms with E-state index in [1.54, 1.807) is 53.4 Å². The van der Waals surface area contributed by atoms with Crippen LogP contribution in [0.1, 0.15) is 33.7 Å². The number of nitrogens with zero attached hydrogens (tertiary/aromatic N) is 3. The zero-order valence-electron chi connectivity index (χ0n) is 15.6. The lowest BCUT2D eigenvalue weighted by Crippen LogP contribution is -2.34. The summed E-state index contributed by atoms with van der Waals surface area (Å²) >= 11 is 13.2. The molecule has 154 valence electrons. The molecule has 3 aromatic rings. The second kappa shape index (κ2) is 8.99. The van der Waals surface area contributed by atoms with Crippen LogP contribution in [0.25, 0.3) is 0 Å². The number of likely N-dealkylation sites (tertiary alicyclic amines) is 1. The Morgan fingerprint density at radius 3 is 2.57 bits per heavy atom. The molecule has 3 amide bonds. The maximum atomic E-state index is 12.8. The van der Waals surface area contributed by atoms with Crippen LogP contribution in [-0.2, 0) is 0 Å². The molecule has 0 bridgehead atoms. The molecule has 30 heavy (non-hydrogen) atoms. The van der Waals surface area contributed by atoms with Crippen molar-refractivity contribution in [2.45, 2.75) is 18.9 Å². The van der Waals surface area contributed by atoms with Crippen molar-refractivity contribution < 1.29 is 9.59 Å². The molecule has 1 aliphatic rings. The highest BCUT2D eigenvalue weighted by atomic mass is 35.5. The van der Waals surface area contributed by atoms with Gasteiger partial charge in [0.25, 0.3) is 5.91 Å². The van der Waals surface area contributed by atoms with Gasteiger partial charge in [-0.2, -0.15) is 0 Å². The highest BCUT2D eigenvalue weighted by molar-refractivity contribution is 7.13. The molecule has 4 rings (SSSR count). The second-order valence-corrected chi connectivity index (χ2v) is 8.52. The summed E-state index contributed by atoms with van der Waals surface area (Å²) in [4.78, 5) is 27.0. The summed E-state index contributed by atoms with van der Waals surface area (Å²) < 4.78 is 0. The number of urea groups is 1. The summed E-state index contributed by atoms with van der Waals surface area (Å²) in [6, 6.07) is 13.4. The molecule has 2 aromatic carbocycles. The zero-order chi connectivity index (χ0) is 21.1. The van der Waals surface area contributed by atoms with Crippen LogP contribution in [-0.4, -0.2) is 33.6 Å². The summed E-state index contributed by atoms with van der Waals surface area (Å²) in [6.07, 6.45) is 1.59. The molecule has 1 aromatic heterocycles. The molecule has 1 aliphatic heterocycles. The fraction of sp³-hybridized carbons (Fsp3) is 0.200. The lowest BCUT2D eigenvalue weighted by molar-refractivity contribution is 0.102. The minimum Gasteiger partial charge on any atom is -0.320 e. The van der Waals surface area contributed by atoms with E-state index >= 15 is 0 Å². The Morgan fingerprint density at radius 2 is 1.80 bits per heavy atom. The van der Waals surface area contributed by atoms with Gasteiger partial charge in [-0.15, -0.1) is 10.2 Å². The smallest absolute Gasteiger partial charge is 0.320 e. The standard InChI is InChI=1S/C20H17Cl2N5O2S/c21-12-7-9-13(10-8-12)23-17(28)19-26-25-18(30-19)16-6-3-11-27(16)20(29)24-15-5-2-1-4-14(15)22/h1-2,4-5,7-10,16H,3,6,11H2,(H,23,28)(H,24,29). The van der Waals surface area contributed by atoms with Crippen molar-refractivity contribution in [2.24, 2.45) is 0 Å². The Kier molecular flexibility index (Phi) is 6.17. The molecule has 2 N–H and O–H groups in total. The number of halogens is 2. The zero-order valence-corrected chi connectivity index (χ0v) is 18.0. The first-order valence-electron chi connectivity index (χ1n) is 9.24. The van der Waals surface area contributed by atoms with E-state index in [0.717, 1.165) is 12.8 Å². The molecule has 0 spiro atoms. The van der Waals surface area contributed by atoms with E-state index in [0.29, 0.717) is 33.0 Å². The van der Waals surface area contributed by atoms with Gasteiger partial charge in [-0.25, -0.2) is 4.79 Å². The number of carbonyl (C=O) groups excluding carboxylic acids is 2. The van der Waals surface area contributed by atoms with Crippen molar-refractivity contribution >= 4 is 57.9 Å². The van der Waals surface area contributed by atoms with Gasteiger partial charge >= 0.3 is 6.03 Å². The van der Waals surface area contributed by atoms with Crippen LogP contribution in [0.15, 0.2) is 48.5 Å². The molecule has 7 nitrogen and oxygen atoms in total. The van der Waals surface area contributed by atoms with Gasteiger partial charge < -0.3 is 15.5 Å². The minimum atomic E-state index is -0.355. The highest BCUT2D eigenvalue weighted by Crippen LogP contribution is 2.34. The monoisotopic (exact) mass is 461 g/mol. The Hall–Kier alpha value is -2.68. The van der Waals surface area contributed by atoms with Crippen LogP contribution in [0, 0.1) is 0 Å². The van der Waals surface area contributed by atoms with E-state index in [2.05, 4.69) is 20.8 Å². The fourth-order valence-corrected chi connectivity index (χ4v) is 4.39. The Labute approximate surface area is 187 Å². The third-order valence-electron chi connectivity index (χ3n) is 4.65. The predicted molar refractivity (Wildman–Crippen MR) is 118 cm³/mol. The molecule has 0 saturated carbocycles. The molecule has 1 atom stereocenters. The molecule has 1 saturated heterocycles. The number of benzene rings is 2. The first-order chi connectivity index (χ1) is 14.5. The van der Waals surface area contributed by atoms with E-state index in [1.165, 1.54) is 11.3 Å².